The lowest BCUT2D eigenvalue weighted by Gasteiger charge is -2.27. The second-order valence-corrected chi connectivity index (χ2v) is 15.7. The SMILES string of the molecule is CCCCCCCC/C=C\C/C=C\CC(O)C(=O)NC(CO)C(O)C(O)CCC/C=C/CC/C=C/CCCCCCCCCCCCCCCCCCC. The zero-order valence-electron chi connectivity index (χ0n) is 35.5. The van der Waals surface area contributed by atoms with E-state index in [1.807, 2.05) is 6.08 Å². The van der Waals surface area contributed by atoms with E-state index in [4.69, 9.17) is 0 Å². The predicted molar refractivity (Wildman–Crippen MR) is 233 cm³/mol. The van der Waals surface area contributed by atoms with Gasteiger partial charge in [-0.15, -0.1) is 0 Å². The van der Waals surface area contributed by atoms with Gasteiger partial charge in [-0.05, 0) is 64.2 Å². The van der Waals surface area contributed by atoms with Crippen LogP contribution in [0.2, 0.25) is 0 Å². The van der Waals surface area contributed by atoms with Crippen molar-refractivity contribution in [1.82, 2.24) is 5.32 Å². The molecule has 6 nitrogen and oxygen atoms in total. The highest BCUT2D eigenvalue weighted by molar-refractivity contribution is 5.81. The summed E-state index contributed by atoms with van der Waals surface area (Å²) >= 11 is 0. The minimum Gasteiger partial charge on any atom is -0.394 e. The first-order chi connectivity index (χ1) is 26.5. The van der Waals surface area contributed by atoms with Gasteiger partial charge in [-0.3, -0.25) is 4.79 Å². The van der Waals surface area contributed by atoms with Crippen LogP contribution in [0.15, 0.2) is 48.6 Å². The number of aliphatic hydroxyl groups excluding tert-OH is 4. The summed E-state index contributed by atoms with van der Waals surface area (Å²) in [6.07, 6.45) is 51.8. The first kappa shape index (κ1) is 52.3. The van der Waals surface area contributed by atoms with Gasteiger partial charge >= 0.3 is 0 Å². The van der Waals surface area contributed by atoms with Gasteiger partial charge in [-0.2, -0.15) is 0 Å². The highest BCUT2D eigenvalue weighted by Crippen LogP contribution is 2.15. The van der Waals surface area contributed by atoms with Crippen LogP contribution in [0.5, 0.6) is 0 Å². The van der Waals surface area contributed by atoms with E-state index in [-0.39, 0.29) is 6.42 Å². The zero-order chi connectivity index (χ0) is 39.6. The van der Waals surface area contributed by atoms with Crippen LogP contribution in [0.25, 0.3) is 0 Å². The smallest absolute Gasteiger partial charge is 0.249 e. The van der Waals surface area contributed by atoms with Crippen LogP contribution < -0.4 is 5.32 Å². The molecule has 0 aromatic rings. The fourth-order valence-corrected chi connectivity index (χ4v) is 6.82. The maximum atomic E-state index is 12.4. The van der Waals surface area contributed by atoms with Crippen molar-refractivity contribution in [3.8, 4) is 0 Å². The Labute approximate surface area is 334 Å². The van der Waals surface area contributed by atoms with E-state index in [1.54, 1.807) is 6.08 Å². The lowest BCUT2D eigenvalue weighted by molar-refractivity contribution is -0.132. The van der Waals surface area contributed by atoms with Gasteiger partial charge < -0.3 is 25.7 Å². The number of amides is 1. The van der Waals surface area contributed by atoms with E-state index in [0.29, 0.717) is 12.8 Å². The molecule has 0 aliphatic carbocycles. The van der Waals surface area contributed by atoms with Crippen LogP contribution in [0, 0.1) is 0 Å². The van der Waals surface area contributed by atoms with Gasteiger partial charge in [0.2, 0.25) is 5.91 Å². The third-order valence-corrected chi connectivity index (χ3v) is 10.5. The summed E-state index contributed by atoms with van der Waals surface area (Å²) < 4.78 is 0. The molecule has 316 valence electrons. The third kappa shape index (κ3) is 35.9. The molecule has 0 rings (SSSR count). The van der Waals surface area contributed by atoms with Gasteiger partial charge in [-0.25, -0.2) is 0 Å². The Bertz CT molecular complexity index is 900. The van der Waals surface area contributed by atoms with Crippen molar-refractivity contribution in [2.24, 2.45) is 0 Å². The number of rotatable bonds is 41. The molecule has 0 fully saturated rings. The third-order valence-electron chi connectivity index (χ3n) is 10.5. The summed E-state index contributed by atoms with van der Waals surface area (Å²) in [5.74, 6) is -0.666. The topological polar surface area (TPSA) is 110 Å². The van der Waals surface area contributed by atoms with Crippen LogP contribution in [0.4, 0.5) is 0 Å². The van der Waals surface area contributed by atoms with Gasteiger partial charge in [0.15, 0.2) is 0 Å². The first-order valence-electron chi connectivity index (χ1n) is 23.0. The van der Waals surface area contributed by atoms with Crippen molar-refractivity contribution in [2.45, 2.75) is 244 Å². The predicted octanol–water partition coefficient (Wildman–Crippen LogP) is 12.3. The summed E-state index contributed by atoms with van der Waals surface area (Å²) in [6, 6.07) is -1.04. The summed E-state index contributed by atoms with van der Waals surface area (Å²) in [4.78, 5) is 12.4. The maximum absolute atomic E-state index is 12.4. The molecule has 0 saturated heterocycles. The summed E-state index contributed by atoms with van der Waals surface area (Å²) in [5.41, 5.74) is 0. The molecule has 54 heavy (non-hydrogen) atoms. The molecule has 0 aromatic carbocycles. The molecule has 0 aliphatic heterocycles. The number of allylic oxidation sites excluding steroid dienone is 7. The molecule has 5 N–H and O–H groups in total. The number of unbranched alkanes of at least 4 members (excludes halogenated alkanes) is 25. The average molecular weight is 760 g/mol. The normalized spacial score (nSPS) is 14.6. The van der Waals surface area contributed by atoms with Crippen molar-refractivity contribution in [3.63, 3.8) is 0 Å². The molecule has 0 bridgehead atoms. The van der Waals surface area contributed by atoms with Crippen LogP contribution in [0.1, 0.15) is 219 Å². The molecule has 0 radical (unpaired) electrons. The van der Waals surface area contributed by atoms with E-state index in [2.05, 4.69) is 55.6 Å². The molecule has 0 saturated carbocycles. The number of aliphatic hydroxyl groups is 4. The van der Waals surface area contributed by atoms with Crippen molar-refractivity contribution in [1.29, 1.82) is 0 Å². The number of hydrogen-bond donors (Lipinski definition) is 5. The Balaban J connectivity index is 3.79. The van der Waals surface area contributed by atoms with Gasteiger partial charge in [0.1, 0.15) is 12.2 Å². The van der Waals surface area contributed by atoms with E-state index < -0.39 is 36.9 Å². The molecule has 0 heterocycles. The monoisotopic (exact) mass is 760 g/mol. The fourth-order valence-electron chi connectivity index (χ4n) is 6.82. The molecule has 4 unspecified atom stereocenters. The summed E-state index contributed by atoms with van der Waals surface area (Å²) in [7, 11) is 0. The zero-order valence-corrected chi connectivity index (χ0v) is 35.5. The first-order valence-corrected chi connectivity index (χ1v) is 23.0. The van der Waals surface area contributed by atoms with Crippen molar-refractivity contribution < 1.29 is 25.2 Å². The lowest BCUT2D eigenvalue weighted by atomic mass is 10.0. The van der Waals surface area contributed by atoms with E-state index >= 15 is 0 Å². The standard InChI is InChI=1S/C48H89NO5/c1-3-5-7-9-11-13-15-17-18-19-20-21-22-23-24-25-26-27-28-29-30-32-33-35-37-39-41-45(51)47(53)44(43-50)49-48(54)46(52)42-40-38-36-34-31-16-14-12-10-8-6-4-2/h28-29,31,33-35,38,40,44-47,50-53H,3-27,30,32,36-37,39,41-43H2,1-2H3,(H,49,54)/b29-28+,34-31-,35-33+,40-38-. The number of carbonyl (C=O) groups excluding carboxylic acids is 1. The van der Waals surface area contributed by atoms with Crippen molar-refractivity contribution in [2.75, 3.05) is 6.61 Å². The van der Waals surface area contributed by atoms with Crippen LogP contribution in [-0.2, 0) is 4.79 Å². The molecule has 1 amide bonds. The number of nitrogens with one attached hydrogen (secondary N) is 1. The molecule has 0 spiro atoms. The van der Waals surface area contributed by atoms with E-state index in [0.717, 1.165) is 32.1 Å². The quantitative estimate of drug-likeness (QED) is 0.0315. The summed E-state index contributed by atoms with van der Waals surface area (Å²) in [5, 5.41) is 43.5. The molecule has 0 aromatic heterocycles. The van der Waals surface area contributed by atoms with Crippen LogP contribution >= 0.6 is 0 Å². The molecule has 0 aliphatic rings. The van der Waals surface area contributed by atoms with E-state index in [1.165, 1.54) is 154 Å². The van der Waals surface area contributed by atoms with Gasteiger partial charge in [-0.1, -0.05) is 197 Å². The Morgan fingerprint density at radius 3 is 1.30 bits per heavy atom. The van der Waals surface area contributed by atoms with Gasteiger partial charge in [0.05, 0.1) is 18.8 Å². The largest absolute Gasteiger partial charge is 0.394 e. The lowest BCUT2D eigenvalue weighted by Crippen LogP contribution is -2.52. The second-order valence-electron chi connectivity index (χ2n) is 15.7. The Morgan fingerprint density at radius 2 is 0.852 bits per heavy atom. The molecular weight excluding hydrogens is 671 g/mol. The average Bonchev–Trinajstić information content (AvgIpc) is 3.18. The second kappa shape index (κ2) is 42.4. The number of hydrogen-bond acceptors (Lipinski definition) is 5. The molecular formula is C48H89NO5. The highest BCUT2D eigenvalue weighted by Gasteiger charge is 2.28. The van der Waals surface area contributed by atoms with Crippen LogP contribution in [0.3, 0.4) is 0 Å². The minimum atomic E-state index is -1.31. The Kier molecular flexibility index (Phi) is 41.1. The highest BCUT2D eigenvalue weighted by atomic mass is 16.3. The Hall–Kier alpha value is -1.73. The van der Waals surface area contributed by atoms with Crippen molar-refractivity contribution in [3.05, 3.63) is 48.6 Å². The fraction of sp³-hybridized carbons (Fsp3) is 0.812. The van der Waals surface area contributed by atoms with Crippen molar-refractivity contribution >= 4 is 5.91 Å². The number of carbonyl (C=O) groups is 1. The van der Waals surface area contributed by atoms with Gasteiger partial charge in [0, 0.05) is 6.42 Å². The van der Waals surface area contributed by atoms with Gasteiger partial charge in [0.25, 0.3) is 0 Å². The molecule has 4 atom stereocenters. The maximum Gasteiger partial charge on any atom is 0.249 e. The van der Waals surface area contributed by atoms with E-state index in [9.17, 15) is 25.2 Å². The summed E-state index contributed by atoms with van der Waals surface area (Å²) in [6.45, 7) is 3.99. The van der Waals surface area contributed by atoms with Crippen LogP contribution in [-0.4, -0.2) is 57.3 Å². The Morgan fingerprint density at radius 1 is 0.481 bits per heavy atom. The minimum absolute atomic E-state index is 0.148. The molecule has 6 heteroatoms.